The Balaban J connectivity index is 2.09. The average molecular weight is 307 g/mol. The molecular weight excluding hydrogens is 292 g/mol. The molecule has 0 heterocycles. The molecule has 110 valence electrons. The highest BCUT2D eigenvalue weighted by atomic mass is 35.5. The van der Waals surface area contributed by atoms with Crippen LogP contribution in [0.4, 0.5) is 0 Å². The minimum Gasteiger partial charge on any atom is -0.497 e. The van der Waals surface area contributed by atoms with E-state index < -0.39 is 0 Å². The van der Waals surface area contributed by atoms with Gasteiger partial charge >= 0.3 is 0 Å². The molecule has 0 bridgehead atoms. The van der Waals surface area contributed by atoms with E-state index in [4.69, 9.17) is 32.0 Å². The summed E-state index contributed by atoms with van der Waals surface area (Å²) in [4.78, 5) is 0. The number of hydrogen-bond donors (Lipinski definition) is 2. The van der Waals surface area contributed by atoms with Crippen molar-refractivity contribution in [3.05, 3.63) is 58.6 Å². The minimum atomic E-state index is 0.0113. The molecule has 0 spiro atoms. The van der Waals surface area contributed by atoms with Crippen molar-refractivity contribution in [2.75, 3.05) is 7.11 Å². The maximum atomic E-state index is 8.63. The number of hydrogen-bond acceptors (Lipinski definition) is 4. The fourth-order valence-electron chi connectivity index (χ4n) is 1.73. The fourth-order valence-corrected chi connectivity index (χ4v) is 1.97. The number of ether oxygens (including phenoxy) is 2. The van der Waals surface area contributed by atoms with E-state index in [1.165, 1.54) is 0 Å². The van der Waals surface area contributed by atoms with Crippen LogP contribution in [0.15, 0.2) is 47.6 Å². The lowest BCUT2D eigenvalue weighted by molar-refractivity contribution is 0.303. The van der Waals surface area contributed by atoms with Gasteiger partial charge in [0.15, 0.2) is 5.84 Å². The standard InChI is InChI=1S/C15H15ClN2O3/c1-20-12-3-2-4-13(8-12)21-9-11-6-5-10(7-14(11)16)15(17)18-19/h2-8,19H,9H2,1H3,(H2,17,18). The van der Waals surface area contributed by atoms with Gasteiger partial charge in [-0.15, -0.1) is 0 Å². The molecule has 0 saturated heterocycles. The smallest absolute Gasteiger partial charge is 0.170 e. The van der Waals surface area contributed by atoms with Crippen LogP contribution in [0.3, 0.4) is 0 Å². The van der Waals surface area contributed by atoms with Crippen LogP contribution in [0, 0.1) is 0 Å². The van der Waals surface area contributed by atoms with Crippen LogP contribution in [-0.2, 0) is 6.61 Å². The first kappa shape index (κ1) is 15.0. The zero-order valence-corrected chi connectivity index (χ0v) is 12.2. The molecule has 0 amide bonds. The van der Waals surface area contributed by atoms with Crippen LogP contribution in [0.25, 0.3) is 0 Å². The summed E-state index contributed by atoms with van der Waals surface area (Å²) in [7, 11) is 1.60. The molecule has 0 radical (unpaired) electrons. The van der Waals surface area contributed by atoms with E-state index in [1.807, 2.05) is 18.2 Å². The Morgan fingerprint density at radius 3 is 2.67 bits per heavy atom. The topological polar surface area (TPSA) is 77.1 Å². The van der Waals surface area contributed by atoms with Gasteiger partial charge in [0.05, 0.1) is 7.11 Å². The first-order valence-electron chi connectivity index (χ1n) is 6.17. The van der Waals surface area contributed by atoms with Gasteiger partial charge in [0.1, 0.15) is 18.1 Å². The Kier molecular flexibility index (Phi) is 4.90. The number of nitrogens with two attached hydrogens (primary N) is 1. The lowest BCUT2D eigenvalue weighted by atomic mass is 10.1. The van der Waals surface area contributed by atoms with Crippen molar-refractivity contribution in [1.29, 1.82) is 0 Å². The van der Waals surface area contributed by atoms with Crippen LogP contribution in [-0.4, -0.2) is 18.2 Å². The van der Waals surface area contributed by atoms with Gasteiger partial charge in [-0.3, -0.25) is 0 Å². The third-order valence-electron chi connectivity index (χ3n) is 2.89. The Labute approximate surface area is 127 Å². The summed E-state index contributed by atoms with van der Waals surface area (Å²) in [5, 5.41) is 12.1. The molecule has 0 aliphatic carbocycles. The Bertz CT molecular complexity index is 659. The van der Waals surface area contributed by atoms with E-state index in [0.717, 1.165) is 11.3 Å². The van der Waals surface area contributed by atoms with Crippen LogP contribution in [0.1, 0.15) is 11.1 Å². The number of halogens is 1. The van der Waals surface area contributed by atoms with Gasteiger partial charge in [0.2, 0.25) is 0 Å². The quantitative estimate of drug-likeness (QED) is 0.385. The number of oxime groups is 1. The van der Waals surface area contributed by atoms with E-state index in [9.17, 15) is 0 Å². The zero-order valence-electron chi connectivity index (χ0n) is 11.4. The first-order valence-corrected chi connectivity index (χ1v) is 6.55. The van der Waals surface area contributed by atoms with Gasteiger partial charge in [0.25, 0.3) is 0 Å². The van der Waals surface area contributed by atoms with Crippen molar-refractivity contribution in [1.82, 2.24) is 0 Å². The van der Waals surface area contributed by atoms with Crippen molar-refractivity contribution >= 4 is 17.4 Å². The molecule has 0 aromatic heterocycles. The molecule has 0 saturated carbocycles. The number of amidine groups is 1. The van der Waals surface area contributed by atoms with E-state index >= 15 is 0 Å². The van der Waals surface area contributed by atoms with Crippen molar-refractivity contribution in [3.63, 3.8) is 0 Å². The van der Waals surface area contributed by atoms with Crippen molar-refractivity contribution in [2.24, 2.45) is 10.9 Å². The van der Waals surface area contributed by atoms with Crippen molar-refractivity contribution in [2.45, 2.75) is 6.61 Å². The van der Waals surface area contributed by atoms with Crippen LogP contribution in [0.2, 0.25) is 5.02 Å². The molecule has 0 unspecified atom stereocenters. The molecule has 0 aliphatic rings. The molecule has 0 atom stereocenters. The predicted octanol–water partition coefficient (Wildman–Crippen LogP) is 3.02. The lowest BCUT2D eigenvalue weighted by Gasteiger charge is -2.10. The summed E-state index contributed by atoms with van der Waals surface area (Å²) < 4.78 is 10.8. The minimum absolute atomic E-state index is 0.0113. The summed E-state index contributed by atoms with van der Waals surface area (Å²) in [6, 6.07) is 12.4. The molecule has 2 aromatic carbocycles. The van der Waals surface area contributed by atoms with Crippen molar-refractivity contribution in [3.8, 4) is 11.5 Å². The SMILES string of the molecule is COc1cccc(OCc2ccc(/C(N)=N/O)cc2Cl)c1. The van der Waals surface area contributed by atoms with Crippen LogP contribution in [0.5, 0.6) is 11.5 Å². The zero-order chi connectivity index (χ0) is 15.2. The van der Waals surface area contributed by atoms with Gasteiger partial charge < -0.3 is 20.4 Å². The van der Waals surface area contributed by atoms with Crippen LogP contribution < -0.4 is 15.2 Å². The summed E-state index contributed by atoms with van der Waals surface area (Å²) >= 11 is 6.16. The summed E-state index contributed by atoms with van der Waals surface area (Å²) in [6.45, 7) is 0.308. The van der Waals surface area contributed by atoms with E-state index in [0.29, 0.717) is 22.9 Å². The summed E-state index contributed by atoms with van der Waals surface area (Å²) in [5.41, 5.74) is 6.86. The normalized spacial score (nSPS) is 11.2. The van der Waals surface area contributed by atoms with Gasteiger partial charge in [-0.1, -0.05) is 35.0 Å². The molecule has 5 nitrogen and oxygen atoms in total. The fraction of sp³-hybridized carbons (Fsp3) is 0.133. The highest BCUT2D eigenvalue weighted by molar-refractivity contribution is 6.31. The molecule has 0 fully saturated rings. The highest BCUT2D eigenvalue weighted by Gasteiger charge is 2.06. The predicted molar refractivity (Wildman–Crippen MR) is 81.3 cm³/mol. The van der Waals surface area contributed by atoms with Crippen molar-refractivity contribution < 1.29 is 14.7 Å². The monoisotopic (exact) mass is 306 g/mol. The number of rotatable bonds is 5. The molecule has 6 heteroatoms. The van der Waals surface area contributed by atoms with Crippen LogP contribution >= 0.6 is 11.6 Å². The highest BCUT2D eigenvalue weighted by Crippen LogP contribution is 2.23. The van der Waals surface area contributed by atoms with E-state index in [1.54, 1.807) is 31.4 Å². The molecule has 2 aromatic rings. The summed E-state index contributed by atoms with van der Waals surface area (Å²) in [6.07, 6.45) is 0. The maximum absolute atomic E-state index is 8.63. The molecule has 0 aliphatic heterocycles. The molecule has 2 rings (SSSR count). The summed E-state index contributed by atoms with van der Waals surface area (Å²) in [5.74, 6) is 1.42. The third kappa shape index (κ3) is 3.79. The second-order valence-electron chi connectivity index (χ2n) is 4.26. The first-order chi connectivity index (χ1) is 10.1. The third-order valence-corrected chi connectivity index (χ3v) is 3.24. The van der Waals surface area contributed by atoms with E-state index in [2.05, 4.69) is 5.16 Å². The molecular formula is C15H15ClN2O3. The number of nitrogens with zero attached hydrogens (tertiary/aromatic N) is 1. The van der Waals surface area contributed by atoms with Gasteiger partial charge in [-0.25, -0.2) is 0 Å². The Morgan fingerprint density at radius 1 is 1.24 bits per heavy atom. The van der Waals surface area contributed by atoms with Gasteiger partial charge in [-0.2, -0.15) is 0 Å². The molecule has 3 N–H and O–H groups in total. The number of methoxy groups -OCH3 is 1. The van der Waals surface area contributed by atoms with E-state index in [-0.39, 0.29) is 5.84 Å². The maximum Gasteiger partial charge on any atom is 0.170 e. The number of benzene rings is 2. The largest absolute Gasteiger partial charge is 0.497 e. The Hall–Kier alpha value is -2.40. The Morgan fingerprint density at radius 2 is 2.00 bits per heavy atom. The van der Waals surface area contributed by atoms with Gasteiger partial charge in [0, 0.05) is 22.2 Å². The second-order valence-corrected chi connectivity index (χ2v) is 4.67. The second kappa shape index (κ2) is 6.85. The average Bonchev–Trinajstić information content (AvgIpc) is 2.53. The lowest BCUT2D eigenvalue weighted by Crippen LogP contribution is -2.13. The van der Waals surface area contributed by atoms with Gasteiger partial charge in [-0.05, 0) is 18.2 Å². The molecule has 21 heavy (non-hydrogen) atoms.